The highest BCUT2D eigenvalue weighted by molar-refractivity contribution is 5.27. The first-order valence-corrected chi connectivity index (χ1v) is 5.41. The highest BCUT2D eigenvalue weighted by Crippen LogP contribution is 2.22. The Morgan fingerprint density at radius 2 is 1.86 bits per heavy atom. The van der Waals surface area contributed by atoms with Gasteiger partial charge in [-0.05, 0) is 34.9 Å². The quantitative estimate of drug-likeness (QED) is 0.660. The van der Waals surface area contributed by atoms with E-state index in [0.29, 0.717) is 5.92 Å². The van der Waals surface area contributed by atoms with Crippen LogP contribution >= 0.6 is 0 Å². The SMILES string of the molecule is CC(C)Cc1[c]c(C(C)(C)C)ccc1. The molecule has 0 bridgehead atoms. The average molecular weight is 189 g/mol. The summed E-state index contributed by atoms with van der Waals surface area (Å²) in [7, 11) is 0. The highest BCUT2D eigenvalue weighted by atomic mass is 14.2. The Kier molecular flexibility index (Phi) is 3.36. The minimum atomic E-state index is 0.215. The van der Waals surface area contributed by atoms with Crippen LogP contribution < -0.4 is 0 Å². The fourth-order valence-electron chi connectivity index (χ4n) is 1.51. The summed E-state index contributed by atoms with van der Waals surface area (Å²) in [5.74, 6) is 0.710. The highest BCUT2D eigenvalue weighted by Gasteiger charge is 2.13. The molecule has 77 valence electrons. The third kappa shape index (κ3) is 3.17. The van der Waals surface area contributed by atoms with Gasteiger partial charge in [0, 0.05) is 0 Å². The number of hydrogen-bond acceptors (Lipinski definition) is 0. The molecule has 0 N–H and O–H groups in total. The first-order chi connectivity index (χ1) is 6.39. The van der Waals surface area contributed by atoms with E-state index in [1.807, 2.05) is 0 Å². The van der Waals surface area contributed by atoms with Crippen molar-refractivity contribution in [1.82, 2.24) is 0 Å². The monoisotopic (exact) mass is 189 g/mol. The van der Waals surface area contributed by atoms with Crippen LogP contribution in [-0.2, 0) is 11.8 Å². The standard InChI is InChI=1S/C14H21/c1-11(2)9-12-7-6-8-13(10-12)14(3,4)5/h6-8,11H,9H2,1-5H3. The van der Waals surface area contributed by atoms with E-state index >= 15 is 0 Å². The van der Waals surface area contributed by atoms with Crippen molar-refractivity contribution in [1.29, 1.82) is 0 Å². The molecule has 1 radical (unpaired) electrons. The van der Waals surface area contributed by atoms with Gasteiger partial charge in [0.25, 0.3) is 0 Å². The van der Waals surface area contributed by atoms with Crippen molar-refractivity contribution >= 4 is 0 Å². The van der Waals surface area contributed by atoms with E-state index in [4.69, 9.17) is 0 Å². The molecule has 0 aliphatic rings. The van der Waals surface area contributed by atoms with Gasteiger partial charge < -0.3 is 0 Å². The first kappa shape index (κ1) is 11.3. The fourth-order valence-corrected chi connectivity index (χ4v) is 1.51. The Morgan fingerprint density at radius 3 is 2.36 bits per heavy atom. The van der Waals surface area contributed by atoms with Gasteiger partial charge in [0.1, 0.15) is 0 Å². The van der Waals surface area contributed by atoms with Crippen molar-refractivity contribution in [3.63, 3.8) is 0 Å². The Labute approximate surface area is 88.4 Å². The lowest BCUT2D eigenvalue weighted by Gasteiger charge is -2.19. The van der Waals surface area contributed by atoms with Crippen LogP contribution in [0.5, 0.6) is 0 Å². The summed E-state index contributed by atoms with van der Waals surface area (Å²) < 4.78 is 0. The largest absolute Gasteiger partial charge is 0.0625 e. The Morgan fingerprint density at radius 1 is 1.21 bits per heavy atom. The second-order valence-electron chi connectivity index (χ2n) is 5.44. The van der Waals surface area contributed by atoms with Gasteiger partial charge in [-0.1, -0.05) is 52.8 Å². The van der Waals surface area contributed by atoms with E-state index in [-0.39, 0.29) is 5.41 Å². The van der Waals surface area contributed by atoms with Crippen LogP contribution in [0, 0.1) is 12.0 Å². The molecule has 0 heteroatoms. The zero-order valence-electron chi connectivity index (χ0n) is 10.0. The van der Waals surface area contributed by atoms with Gasteiger partial charge in [0.05, 0.1) is 0 Å². The summed E-state index contributed by atoms with van der Waals surface area (Å²) in [4.78, 5) is 0. The van der Waals surface area contributed by atoms with E-state index in [2.05, 4.69) is 58.9 Å². The molecule has 0 amide bonds. The molecule has 1 aromatic carbocycles. The molecule has 0 heterocycles. The Balaban J connectivity index is 2.90. The van der Waals surface area contributed by atoms with Gasteiger partial charge in [-0.15, -0.1) is 0 Å². The van der Waals surface area contributed by atoms with Crippen LogP contribution in [0.25, 0.3) is 0 Å². The summed E-state index contributed by atoms with van der Waals surface area (Å²) in [5.41, 5.74) is 2.87. The van der Waals surface area contributed by atoms with Gasteiger partial charge in [-0.25, -0.2) is 0 Å². The van der Waals surface area contributed by atoms with Crippen molar-refractivity contribution in [2.75, 3.05) is 0 Å². The summed E-state index contributed by atoms with van der Waals surface area (Å²) in [5, 5.41) is 0. The molecule has 0 fully saturated rings. The minimum Gasteiger partial charge on any atom is -0.0625 e. The molecule has 0 atom stereocenters. The maximum absolute atomic E-state index is 3.52. The van der Waals surface area contributed by atoms with E-state index in [0.717, 1.165) is 6.42 Å². The molecular formula is C14H21. The summed E-state index contributed by atoms with van der Waals surface area (Å²) in [6.45, 7) is 11.2. The third-order valence-corrected chi connectivity index (χ3v) is 2.29. The molecule has 0 unspecified atom stereocenters. The average Bonchev–Trinajstić information content (AvgIpc) is 2.01. The normalized spacial score (nSPS) is 12.1. The Bertz CT molecular complexity index is 289. The van der Waals surface area contributed by atoms with Gasteiger partial charge in [0.2, 0.25) is 0 Å². The zero-order valence-corrected chi connectivity index (χ0v) is 10.0. The van der Waals surface area contributed by atoms with Crippen molar-refractivity contribution < 1.29 is 0 Å². The predicted octanol–water partition coefficient (Wildman–Crippen LogP) is 3.98. The van der Waals surface area contributed by atoms with Crippen LogP contribution in [-0.4, -0.2) is 0 Å². The van der Waals surface area contributed by atoms with Crippen LogP contribution in [0.2, 0.25) is 0 Å². The van der Waals surface area contributed by atoms with Gasteiger partial charge in [0.15, 0.2) is 0 Å². The lowest BCUT2D eigenvalue weighted by molar-refractivity contribution is 0.584. The van der Waals surface area contributed by atoms with Gasteiger partial charge >= 0.3 is 0 Å². The van der Waals surface area contributed by atoms with E-state index in [9.17, 15) is 0 Å². The Hall–Kier alpha value is -0.780. The molecule has 0 nitrogen and oxygen atoms in total. The summed E-state index contributed by atoms with van der Waals surface area (Å²) in [6, 6.07) is 10.0. The van der Waals surface area contributed by atoms with Crippen LogP contribution in [0.4, 0.5) is 0 Å². The lowest BCUT2D eigenvalue weighted by Crippen LogP contribution is -2.11. The molecule has 0 saturated carbocycles. The molecule has 1 rings (SSSR count). The van der Waals surface area contributed by atoms with E-state index in [1.54, 1.807) is 0 Å². The molecule has 0 aromatic heterocycles. The van der Waals surface area contributed by atoms with Gasteiger partial charge in [-0.3, -0.25) is 0 Å². The number of hydrogen-bond donors (Lipinski definition) is 0. The third-order valence-electron chi connectivity index (χ3n) is 2.29. The molecule has 14 heavy (non-hydrogen) atoms. The molecular weight excluding hydrogens is 168 g/mol. The van der Waals surface area contributed by atoms with Crippen LogP contribution in [0.3, 0.4) is 0 Å². The zero-order chi connectivity index (χ0) is 10.8. The maximum Gasteiger partial charge on any atom is -0.0109 e. The second-order valence-corrected chi connectivity index (χ2v) is 5.44. The predicted molar refractivity (Wildman–Crippen MR) is 62.5 cm³/mol. The lowest BCUT2D eigenvalue weighted by atomic mass is 9.85. The molecule has 0 aliphatic carbocycles. The van der Waals surface area contributed by atoms with Gasteiger partial charge in [-0.2, -0.15) is 0 Å². The second kappa shape index (κ2) is 4.16. The van der Waals surface area contributed by atoms with Crippen molar-refractivity contribution in [3.05, 3.63) is 35.4 Å². The number of rotatable bonds is 2. The molecule has 0 aliphatic heterocycles. The minimum absolute atomic E-state index is 0.215. The van der Waals surface area contributed by atoms with Crippen molar-refractivity contribution in [2.45, 2.75) is 46.5 Å². The van der Waals surface area contributed by atoms with Crippen molar-refractivity contribution in [3.8, 4) is 0 Å². The molecule has 0 saturated heterocycles. The van der Waals surface area contributed by atoms with Crippen molar-refractivity contribution in [2.24, 2.45) is 5.92 Å². The van der Waals surface area contributed by atoms with Crippen LogP contribution in [0.1, 0.15) is 45.7 Å². The van der Waals surface area contributed by atoms with E-state index < -0.39 is 0 Å². The fraction of sp³-hybridized carbons (Fsp3) is 0.571. The van der Waals surface area contributed by atoms with E-state index in [1.165, 1.54) is 11.1 Å². The number of benzene rings is 1. The maximum atomic E-state index is 3.52. The smallest absolute Gasteiger partial charge is 0.0109 e. The topological polar surface area (TPSA) is 0 Å². The van der Waals surface area contributed by atoms with Crippen LogP contribution in [0.15, 0.2) is 18.2 Å². The summed E-state index contributed by atoms with van der Waals surface area (Å²) >= 11 is 0. The molecule has 1 aromatic rings. The molecule has 0 spiro atoms. The first-order valence-electron chi connectivity index (χ1n) is 5.41. The summed E-state index contributed by atoms with van der Waals surface area (Å²) in [6.07, 6.45) is 1.13.